The highest BCUT2D eigenvalue weighted by atomic mass is 32.2. The average Bonchev–Trinajstić information content (AvgIpc) is 2.49. The quantitative estimate of drug-likeness (QED) is 0.849. The number of rotatable bonds is 5. The van der Waals surface area contributed by atoms with Crippen molar-refractivity contribution < 1.29 is 19.1 Å². The van der Waals surface area contributed by atoms with Gasteiger partial charge in [0, 0.05) is 30.2 Å². The molecule has 1 fully saturated rings. The first kappa shape index (κ1) is 15.8. The Kier molecular flexibility index (Phi) is 5.61. The van der Waals surface area contributed by atoms with Crippen LogP contribution in [0, 0.1) is 11.7 Å². The number of piperidine rings is 1. The van der Waals surface area contributed by atoms with Crippen LogP contribution >= 0.6 is 11.8 Å². The third-order valence-electron chi connectivity index (χ3n) is 3.52. The molecule has 0 radical (unpaired) electrons. The number of carbonyl (C=O) groups excluding carboxylic acids is 1. The second-order valence-corrected chi connectivity index (χ2v) is 6.24. The van der Waals surface area contributed by atoms with Crippen molar-refractivity contribution in [2.24, 2.45) is 5.92 Å². The maximum atomic E-state index is 12.8. The Balaban J connectivity index is 1.76. The molecule has 0 aromatic heterocycles. The van der Waals surface area contributed by atoms with Crippen LogP contribution in [0.1, 0.15) is 19.3 Å². The molecule has 2 rings (SSSR count). The fourth-order valence-electron chi connectivity index (χ4n) is 2.35. The number of benzene rings is 1. The lowest BCUT2D eigenvalue weighted by molar-refractivity contribution is -0.145. The minimum Gasteiger partial charge on any atom is -0.481 e. The van der Waals surface area contributed by atoms with Crippen molar-refractivity contribution in [3.05, 3.63) is 30.1 Å². The van der Waals surface area contributed by atoms with Crippen LogP contribution in [-0.4, -0.2) is 40.7 Å². The molecular weight excluding hydrogens is 293 g/mol. The summed E-state index contributed by atoms with van der Waals surface area (Å²) in [5.74, 6) is -0.932. The van der Waals surface area contributed by atoms with Crippen LogP contribution in [0.2, 0.25) is 0 Å². The fraction of sp³-hybridized carbons (Fsp3) is 0.467. The molecule has 0 aliphatic carbocycles. The van der Waals surface area contributed by atoms with E-state index >= 15 is 0 Å². The SMILES string of the molecule is O=C(O)C1CCCN(C(=O)CCSc2ccc(F)cc2)C1. The van der Waals surface area contributed by atoms with E-state index in [4.69, 9.17) is 5.11 Å². The number of hydrogen-bond acceptors (Lipinski definition) is 3. The smallest absolute Gasteiger partial charge is 0.308 e. The molecule has 1 saturated heterocycles. The van der Waals surface area contributed by atoms with Gasteiger partial charge in [-0.25, -0.2) is 4.39 Å². The summed E-state index contributed by atoms with van der Waals surface area (Å²) in [4.78, 5) is 25.6. The number of hydrogen-bond donors (Lipinski definition) is 1. The summed E-state index contributed by atoms with van der Waals surface area (Å²) < 4.78 is 12.8. The predicted octanol–water partition coefficient (Wildman–Crippen LogP) is 2.63. The summed E-state index contributed by atoms with van der Waals surface area (Å²) in [5, 5.41) is 9.01. The second kappa shape index (κ2) is 7.45. The van der Waals surface area contributed by atoms with Crippen molar-refractivity contribution in [2.45, 2.75) is 24.2 Å². The van der Waals surface area contributed by atoms with E-state index in [2.05, 4.69) is 0 Å². The summed E-state index contributed by atoms with van der Waals surface area (Å²) in [6.07, 6.45) is 1.76. The number of amides is 1. The standard InChI is InChI=1S/C15H18FNO3S/c16-12-3-5-13(6-4-12)21-9-7-14(18)17-8-1-2-11(10-17)15(19)20/h3-6,11H,1-2,7-10H2,(H,19,20). The van der Waals surface area contributed by atoms with Crippen LogP contribution in [-0.2, 0) is 9.59 Å². The highest BCUT2D eigenvalue weighted by molar-refractivity contribution is 7.99. The Morgan fingerprint density at radius 1 is 1.33 bits per heavy atom. The first-order valence-electron chi connectivity index (χ1n) is 6.95. The van der Waals surface area contributed by atoms with Crippen molar-refractivity contribution in [3.8, 4) is 0 Å². The molecule has 0 spiro atoms. The highest BCUT2D eigenvalue weighted by Gasteiger charge is 2.27. The number of carbonyl (C=O) groups is 2. The molecule has 1 atom stereocenters. The van der Waals surface area contributed by atoms with Crippen LogP contribution in [0.5, 0.6) is 0 Å². The lowest BCUT2D eigenvalue weighted by Gasteiger charge is -2.30. The third kappa shape index (κ3) is 4.74. The zero-order chi connectivity index (χ0) is 15.2. The number of carboxylic acid groups (broad SMARTS) is 1. The molecule has 1 unspecified atom stereocenters. The Hall–Kier alpha value is -1.56. The first-order valence-corrected chi connectivity index (χ1v) is 7.94. The van der Waals surface area contributed by atoms with Gasteiger partial charge >= 0.3 is 5.97 Å². The Morgan fingerprint density at radius 3 is 2.71 bits per heavy atom. The predicted molar refractivity (Wildman–Crippen MR) is 78.7 cm³/mol. The molecule has 21 heavy (non-hydrogen) atoms. The summed E-state index contributed by atoms with van der Waals surface area (Å²) in [6.45, 7) is 0.958. The Bertz CT molecular complexity index is 506. The first-order chi connectivity index (χ1) is 10.1. The molecule has 1 amide bonds. The lowest BCUT2D eigenvalue weighted by Crippen LogP contribution is -2.42. The molecule has 4 nitrogen and oxygen atoms in total. The third-order valence-corrected chi connectivity index (χ3v) is 4.54. The van der Waals surface area contributed by atoms with Crippen LogP contribution in [0.3, 0.4) is 0 Å². The van der Waals surface area contributed by atoms with Crippen molar-refractivity contribution in [2.75, 3.05) is 18.8 Å². The van der Waals surface area contributed by atoms with E-state index in [0.717, 1.165) is 11.3 Å². The molecule has 0 saturated carbocycles. The normalized spacial score (nSPS) is 18.5. The van der Waals surface area contributed by atoms with Gasteiger partial charge < -0.3 is 10.0 Å². The van der Waals surface area contributed by atoms with Gasteiger partial charge in [0.2, 0.25) is 5.91 Å². The maximum Gasteiger partial charge on any atom is 0.308 e. The molecule has 6 heteroatoms. The molecule has 1 aliphatic heterocycles. The molecule has 1 aromatic rings. The zero-order valence-corrected chi connectivity index (χ0v) is 12.4. The molecule has 1 heterocycles. The number of nitrogens with zero attached hydrogens (tertiary/aromatic N) is 1. The van der Waals surface area contributed by atoms with Crippen LogP contribution in [0.15, 0.2) is 29.2 Å². The van der Waals surface area contributed by atoms with Gasteiger partial charge in [-0.2, -0.15) is 0 Å². The molecule has 114 valence electrons. The zero-order valence-electron chi connectivity index (χ0n) is 11.6. The molecular formula is C15H18FNO3S. The van der Waals surface area contributed by atoms with Gasteiger partial charge in [-0.05, 0) is 37.1 Å². The average molecular weight is 311 g/mol. The fourth-order valence-corrected chi connectivity index (χ4v) is 3.19. The highest BCUT2D eigenvalue weighted by Crippen LogP contribution is 2.21. The van der Waals surface area contributed by atoms with E-state index in [1.54, 1.807) is 17.0 Å². The van der Waals surface area contributed by atoms with Gasteiger partial charge in [0.15, 0.2) is 0 Å². The Labute approximate surface area is 127 Å². The van der Waals surface area contributed by atoms with Gasteiger partial charge in [-0.3, -0.25) is 9.59 Å². The van der Waals surface area contributed by atoms with Crippen molar-refractivity contribution >= 4 is 23.6 Å². The number of aliphatic carboxylic acids is 1. The van der Waals surface area contributed by atoms with Gasteiger partial charge in [0.25, 0.3) is 0 Å². The van der Waals surface area contributed by atoms with E-state index in [1.807, 2.05) is 0 Å². The topological polar surface area (TPSA) is 57.6 Å². The van der Waals surface area contributed by atoms with Crippen molar-refractivity contribution in [3.63, 3.8) is 0 Å². The van der Waals surface area contributed by atoms with Gasteiger partial charge in [0.05, 0.1) is 5.92 Å². The molecule has 0 bridgehead atoms. The summed E-state index contributed by atoms with van der Waals surface area (Å²) in [6, 6.07) is 6.16. The molecule has 1 aliphatic rings. The van der Waals surface area contributed by atoms with E-state index in [-0.39, 0.29) is 11.7 Å². The van der Waals surface area contributed by atoms with E-state index in [1.165, 1.54) is 23.9 Å². The minimum atomic E-state index is -0.826. The minimum absolute atomic E-state index is 0.00411. The summed E-state index contributed by atoms with van der Waals surface area (Å²) in [5.41, 5.74) is 0. The maximum absolute atomic E-state index is 12.8. The van der Waals surface area contributed by atoms with Crippen LogP contribution < -0.4 is 0 Å². The number of halogens is 1. The number of likely N-dealkylation sites (tertiary alicyclic amines) is 1. The number of carboxylic acids is 1. The van der Waals surface area contributed by atoms with Gasteiger partial charge in [-0.15, -0.1) is 11.8 Å². The number of thioether (sulfide) groups is 1. The van der Waals surface area contributed by atoms with E-state index in [0.29, 0.717) is 31.7 Å². The Morgan fingerprint density at radius 2 is 2.05 bits per heavy atom. The van der Waals surface area contributed by atoms with Gasteiger partial charge in [0.1, 0.15) is 5.82 Å². The largest absolute Gasteiger partial charge is 0.481 e. The van der Waals surface area contributed by atoms with E-state index in [9.17, 15) is 14.0 Å². The monoisotopic (exact) mass is 311 g/mol. The lowest BCUT2D eigenvalue weighted by atomic mass is 9.98. The molecule has 1 N–H and O–H groups in total. The summed E-state index contributed by atoms with van der Waals surface area (Å²) in [7, 11) is 0. The summed E-state index contributed by atoms with van der Waals surface area (Å²) >= 11 is 1.50. The van der Waals surface area contributed by atoms with Crippen LogP contribution in [0.4, 0.5) is 4.39 Å². The second-order valence-electron chi connectivity index (χ2n) is 5.07. The van der Waals surface area contributed by atoms with Crippen molar-refractivity contribution in [1.82, 2.24) is 4.90 Å². The van der Waals surface area contributed by atoms with E-state index < -0.39 is 11.9 Å². The van der Waals surface area contributed by atoms with Crippen molar-refractivity contribution in [1.29, 1.82) is 0 Å². The molecule has 1 aromatic carbocycles. The van der Waals surface area contributed by atoms with Gasteiger partial charge in [-0.1, -0.05) is 0 Å². The van der Waals surface area contributed by atoms with Crippen LogP contribution in [0.25, 0.3) is 0 Å².